The monoisotopic (exact) mass is 250 g/mol. The van der Waals surface area contributed by atoms with Crippen molar-refractivity contribution in [3.05, 3.63) is 23.8 Å². The summed E-state index contributed by atoms with van der Waals surface area (Å²) in [7, 11) is 0. The molecule has 4 unspecified atom stereocenters. The molecule has 2 aliphatic rings. The maximum absolute atomic E-state index is 11.8. The van der Waals surface area contributed by atoms with Crippen LogP contribution in [0.2, 0.25) is 0 Å². The average Bonchev–Trinajstić information content (AvgIpc) is 2.66. The van der Waals surface area contributed by atoms with E-state index in [0.717, 1.165) is 24.0 Å². The highest BCUT2D eigenvalue weighted by atomic mass is 16.6. The molecular formula is C15H22O3. The maximum atomic E-state index is 11.8. The van der Waals surface area contributed by atoms with E-state index in [1.807, 2.05) is 13.8 Å². The first kappa shape index (κ1) is 13.3. The fraction of sp³-hybridized carbons (Fsp3) is 0.667. The van der Waals surface area contributed by atoms with Crippen LogP contribution in [0.1, 0.15) is 39.5 Å². The summed E-state index contributed by atoms with van der Waals surface area (Å²) in [4.78, 5) is 11.8. The third kappa shape index (κ3) is 2.66. The number of aliphatic hydroxyl groups excluding tert-OH is 1. The van der Waals surface area contributed by atoms with Gasteiger partial charge in [0.25, 0.3) is 0 Å². The largest absolute Gasteiger partial charge is 0.461 e. The molecule has 0 aromatic rings. The topological polar surface area (TPSA) is 46.5 Å². The van der Waals surface area contributed by atoms with Gasteiger partial charge in [-0.25, -0.2) is 0 Å². The van der Waals surface area contributed by atoms with E-state index in [0.29, 0.717) is 12.8 Å². The number of hydrogen-bond donors (Lipinski definition) is 1. The van der Waals surface area contributed by atoms with Crippen molar-refractivity contribution < 1.29 is 14.6 Å². The van der Waals surface area contributed by atoms with Gasteiger partial charge in [-0.2, -0.15) is 0 Å². The van der Waals surface area contributed by atoms with Crippen LogP contribution < -0.4 is 0 Å². The third-order valence-corrected chi connectivity index (χ3v) is 4.21. The van der Waals surface area contributed by atoms with Crippen LogP contribution >= 0.6 is 0 Å². The van der Waals surface area contributed by atoms with E-state index >= 15 is 0 Å². The molecule has 1 saturated heterocycles. The van der Waals surface area contributed by atoms with E-state index in [4.69, 9.17) is 4.74 Å². The Bertz CT molecular complexity index is 383. The fourth-order valence-corrected chi connectivity index (χ4v) is 2.86. The first-order chi connectivity index (χ1) is 8.49. The Labute approximate surface area is 109 Å². The van der Waals surface area contributed by atoms with Crippen LogP contribution in [0.5, 0.6) is 0 Å². The molecule has 0 aromatic carbocycles. The molecule has 2 rings (SSSR count). The molecule has 0 amide bonds. The second-order valence-electron chi connectivity index (χ2n) is 5.64. The van der Waals surface area contributed by atoms with Crippen LogP contribution in [0.25, 0.3) is 0 Å². The summed E-state index contributed by atoms with van der Waals surface area (Å²) in [5.41, 5.74) is 2.04. The number of ether oxygens (including phenoxy) is 1. The minimum absolute atomic E-state index is 0.0284. The molecule has 1 N–H and O–H groups in total. The number of esters is 1. The van der Waals surface area contributed by atoms with Crippen molar-refractivity contribution in [3.8, 4) is 0 Å². The summed E-state index contributed by atoms with van der Waals surface area (Å²) < 4.78 is 5.49. The lowest BCUT2D eigenvalue weighted by atomic mass is 9.84. The van der Waals surface area contributed by atoms with Gasteiger partial charge in [0.2, 0.25) is 0 Å². The molecule has 0 aromatic heterocycles. The number of carbonyl (C=O) groups is 1. The van der Waals surface area contributed by atoms with Gasteiger partial charge >= 0.3 is 5.97 Å². The zero-order valence-corrected chi connectivity index (χ0v) is 11.2. The number of allylic oxidation sites excluding steroid dienone is 1. The van der Waals surface area contributed by atoms with Gasteiger partial charge in [0.15, 0.2) is 0 Å². The van der Waals surface area contributed by atoms with Gasteiger partial charge in [-0.05, 0) is 45.1 Å². The van der Waals surface area contributed by atoms with Gasteiger partial charge in [0, 0.05) is 5.92 Å². The van der Waals surface area contributed by atoms with Crippen molar-refractivity contribution in [1.29, 1.82) is 0 Å². The van der Waals surface area contributed by atoms with Gasteiger partial charge < -0.3 is 9.84 Å². The Morgan fingerprint density at radius 2 is 2.22 bits per heavy atom. The van der Waals surface area contributed by atoms with Crippen LogP contribution in [0, 0.1) is 11.8 Å². The maximum Gasteiger partial charge on any atom is 0.309 e. The van der Waals surface area contributed by atoms with Crippen LogP contribution in [0.15, 0.2) is 23.8 Å². The third-order valence-electron chi connectivity index (χ3n) is 4.21. The predicted octanol–water partition coefficient (Wildman–Crippen LogP) is 2.60. The number of fused-ring (bicyclic) bond motifs is 2. The second-order valence-corrected chi connectivity index (χ2v) is 5.64. The summed E-state index contributed by atoms with van der Waals surface area (Å²) in [5.74, 6) is 0.0367. The summed E-state index contributed by atoms with van der Waals surface area (Å²) >= 11 is 0. The number of aliphatic hydroxyl groups is 1. The highest BCUT2D eigenvalue weighted by molar-refractivity contribution is 5.74. The van der Waals surface area contributed by atoms with Gasteiger partial charge in [0.05, 0.1) is 12.0 Å². The number of rotatable bonds is 1. The van der Waals surface area contributed by atoms with E-state index in [2.05, 4.69) is 12.7 Å². The summed E-state index contributed by atoms with van der Waals surface area (Å²) in [5, 5.41) is 9.99. The van der Waals surface area contributed by atoms with E-state index < -0.39 is 6.10 Å². The van der Waals surface area contributed by atoms with Gasteiger partial charge in [-0.15, -0.1) is 0 Å². The van der Waals surface area contributed by atoms with Crippen molar-refractivity contribution >= 4 is 5.97 Å². The van der Waals surface area contributed by atoms with E-state index in [-0.39, 0.29) is 23.9 Å². The lowest BCUT2D eigenvalue weighted by molar-refractivity contribution is -0.145. The Morgan fingerprint density at radius 1 is 1.50 bits per heavy atom. The lowest BCUT2D eigenvalue weighted by Crippen LogP contribution is -2.21. The molecule has 1 fully saturated rings. The van der Waals surface area contributed by atoms with Gasteiger partial charge in [-0.1, -0.05) is 18.2 Å². The normalized spacial score (nSPS) is 36.8. The molecular weight excluding hydrogens is 228 g/mol. The van der Waals surface area contributed by atoms with Crippen molar-refractivity contribution in [2.24, 2.45) is 11.8 Å². The van der Waals surface area contributed by atoms with Crippen LogP contribution in [0.3, 0.4) is 0 Å². The lowest BCUT2D eigenvalue weighted by Gasteiger charge is -2.23. The zero-order valence-electron chi connectivity index (χ0n) is 11.2. The smallest absolute Gasteiger partial charge is 0.309 e. The van der Waals surface area contributed by atoms with Crippen LogP contribution in [0.4, 0.5) is 0 Å². The molecule has 0 radical (unpaired) electrons. The summed E-state index contributed by atoms with van der Waals surface area (Å²) in [6, 6.07) is 0. The zero-order chi connectivity index (χ0) is 13.3. The van der Waals surface area contributed by atoms with Crippen molar-refractivity contribution in [3.63, 3.8) is 0 Å². The Balaban J connectivity index is 2.24. The quantitative estimate of drug-likeness (QED) is 0.575. The standard InChI is InChI=1S/C15H22O3/c1-9(2)12-6-4-10(3)13(16)7-5-11-8-14(12)18-15(11)17/h4,11-14,16H,1,5-8H2,2-3H3. The summed E-state index contributed by atoms with van der Waals surface area (Å²) in [6.07, 6.45) is 4.53. The molecule has 1 aliphatic heterocycles. The molecule has 3 nitrogen and oxygen atoms in total. The summed E-state index contributed by atoms with van der Waals surface area (Å²) in [6.45, 7) is 7.94. The predicted molar refractivity (Wildman–Crippen MR) is 69.9 cm³/mol. The Hall–Kier alpha value is -1.09. The number of carbonyl (C=O) groups excluding carboxylic acids is 1. The average molecular weight is 250 g/mol. The van der Waals surface area contributed by atoms with Crippen molar-refractivity contribution in [2.75, 3.05) is 0 Å². The first-order valence-corrected chi connectivity index (χ1v) is 6.69. The van der Waals surface area contributed by atoms with Crippen molar-refractivity contribution in [1.82, 2.24) is 0 Å². The van der Waals surface area contributed by atoms with Crippen molar-refractivity contribution in [2.45, 2.75) is 51.7 Å². The molecule has 0 saturated carbocycles. The SMILES string of the molecule is C=C(C)C1CC=C(C)C(O)CCC2CC1OC2=O. The first-order valence-electron chi connectivity index (χ1n) is 6.69. The minimum Gasteiger partial charge on any atom is -0.461 e. The molecule has 0 spiro atoms. The molecule has 1 aliphatic carbocycles. The molecule has 18 heavy (non-hydrogen) atoms. The fourth-order valence-electron chi connectivity index (χ4n) is 2.86. The molecule has 4 atom stereocenters. The minimum atomic E-state index is -0.430. The molecule has 1 heterocycles. The van der Waals surface area contributed by atoms with Gasteiger partial charge in [0.1, 0.15) is 6.10 Å². The van der Waals surface area contributed by atoms with Gasteiger partial charge in [-0.3, -0.25) is 4.79 Å². The molecule has 3 heteroatoms. The molecule has 2 bridgehead atoms. The van der Waals surface area contributed by atoms with E-state index in [1.54, 1.807) is 0 Å². The Morgan fingerprint density at radius 3 is 2.89 bits per heavy atom. The highest BCUT2D eigenvalue weighted by Gasteiger charge is 2.39. The van der Waals surface area contributed by atoms with E-state index in [1.165, 1.54) is 0 Å². The Kier molecular flexibility index (Phi) is 3.91. The van der Waals surface area contributed by atoms with Crippen LogP contribution in [-0.4, -0.2) is 23.3 Å². The highest BCUT2D eigenvalue weighted by Crippen LogP contribution is 2.35. The molecule has 100 valence electrons. The second kappa shape index (κ2) is 5.27. The van der Waals surface area contributed by atoms with E-state index in [9.17, 15) is 9.90 Å². The van der Waals surface area contributed by atoms with Crippen LogP contribution in [-0.2, 0) is 9.53 Å². The number of hydrogen-bond acceptors (Lipinski definition) is 3.